The number of amides is 1. The van der Waals surface area contributed by atoms with Gasteiger partial charge in [-0.15, -0.1) is 0 Å². The molecule has 0 radical (unpaired) electrons. The first-order chi connectivity index (χ1) is 30.6. The van der Waals surface area contributed by atoms with Gasteiger partial charge in [-0.2, -0.15) is 0 Å². The highest BCUT2D eigenvalue weighted by atomic mass is 16.3. The van der Waals surface area contributed by atoms with E-state index in [1.54, 1.807) is 6.08 Å². The molecule has 0 rings (SSSR count). The monoisotopic (exact) mass is 874 g/mol. The van der Waals surface area contributed by atoms with Crippen LogP contribution in [-0.2, 0) is 4.79 Å². The third-order valence-corrected chi connectivity index (χ3v) is 13.3. The van der Waals surface area contributed by atoms with Crippen molar-refractivity contribution in [3.63, 3.8) is 0 Å². The van der Waals surface area contributed by atoms with Crippen LogP contribution in [0, 0.1) is 0 Å². The molecule has 0 aliphatic rings. The van der Waals surface area contributed by atoms with Crippen molar-refractivity contribution in [2.45, 2.75) is 327 Å². The lowest BCUT2D eigenvalue weighted by atomic mass is 10.0. The van der Waals surface area contributed by atoms with E-state index in [0.717, 1.165) is 38.5 Å². The van der Waals surface area contributed by atoms with E-state index in [1.165, 1.54) is 250 Å². The fraction of sp³-hybridized carbons (Fsp3) is 0.912. The molecule has 0 heterocycles. The number of nitrogens with one attached hydrogen (secondary N) is 1. The summed E-state index contributed by atoms with van der Waals surface area (Å²) in [6.07, 6.45) is 66.9. The Morgan fingerprint density at radius 1 is 0.387 bits per heavy atom. The maximum Gasteiger partial charge on any atom is 0.249 e. The van der Waals surface area contributed by atoms with Crippen LogP contribution in [0.5, 0.6) is 0 Å². The molecule has 4 N–H and O–H groups in total. The van der Waals surface area contributed by atoms with Crippen LogP contribution >= 0.6 is 0 Å². The second-order valence-electron chi connectivity index (χ2n) is 19.5. The molecular weight excluding hydrogens is 763 g/mol. The second-order valence-corrected chi connectivity index (χ2v) is 19.5. The second kappa shape index (κ2) is 52.5. The molecule has 0 saturated heterocycles. The predicted octanol–water partition coefficient (Wildman–Crippen LogP) is 17.3. The van der Waals surface area contributed by atoms with Crippen molar-refractivity contribution in [3.8, 4) is 0 Å². The number of carbonyl (C=O) groups is 1. The molecule has 3 atom stereocenters. The van der Waals surface area contributed by atoms with Crippen LogP contribution in [0.25, 0.3) is 0 Å². The van der Waals surface area contributed by atoms with Crippen molar-refractivity contribution in [1.29, 1.82) is 0 Å². The number of hydrogen-bond donors (Lipinski definition) is 4. The molecule has 0 aromatic heterocycles. The van der Waals surface area contributed by atoms with Crippen molar-refractivity contribution in [2.75, 3.05) is 6.61 Å². The van der Waals surface area contributed by atoms with E-state index in [0.29, 0.717) is 6.42 Å². The highest BCUT2D eigenvalue weighted by Gasteiger charge is 2.22. The molecule has 1 amide bonds. The van der Waals surface area contributed by atoms with E-state index in [4.69, 9.17) is 0 Å². The zero-order valence-electron chi connectivity index (χ0n) is 42.0. The van der Waals surface area contributed by atoms with Crippen LogP contribution < -0.4 is 5.32 Å². The number of unbranched alkanes of at least 4 members (excludes halogenated alkanes) is 42. The summed E-state index contributed by atoms with van der Waals surface area (Å²) in [5.41, 5.74) is 0. The standard InChI is InChI=1S/C57H111NO4/c1-3-5-7-9-11-13-15-17-19-21-23-25-26-27-28-29-30-31-32-34-36-38-40-42-44-46-48-50-52-56(61)57(62)58-54(53-59)55(60)51-49-47-45-43-41-39-37-35-33-24-22-20-18-16-14-12-10-8-6-4-2/h41,43,49,51,54-56,59-61H,3-40,42,44-48,50,52-53H2,1-2H3,(H,58,62)/b43-41+,51-49+. The number of rotatable bonds is 52. The van der Waals surface area contributed by atoms with Gasteiger partial charge in [0.05, 0.1) is 18.8 Å². The average Bonchev–Trinajstić information content (AvgIpc) is 3.28. The number of aliphatic hydroxyl groups is 3. The summed E-state index contributed by atoms with van der Waals surface area (Å²) in [5.74, 6) is -0.507. The summed E-state index contributed by atoms with van der Waals surface area (Å²) in [7, 11) is 0. The molecule has 3 unspecified atom stereocenters. The summed E-state index contributed by atoms with van der Waals surface area (Å²) in [6, 6.07) is -0.812. The fourth-order valence-corrected chi connectivity index (χ4v) is 8.91. The van der Waals surface area contributed by atoms with Gasteiger partial charge in [-0.3, -0.25) is 4.79 Å². The Morgan fingerprint density at radius 2 is 0.661 bits per heavy atom. The SMILES string of the molecule is CCCCCCCCCCCCCCCC/C=C/CC/C=C/C(O)C(CO)NC(=O)C(O)CCCCCCCCCCCCCCCCCCCCCCCCCCCCCC. The van der Waals surface area contributed by atoms with E-state index < -0.39 is 24.2 Å². The lowest BCUT2D eigenvalue weighted by molar-refractivity contribution is -0.131. The molecule has 5 heteroatoms. The van der Waals surface area contributed by atoms with E-state index in [-0.39, 0.29) is 6.61 Å². The molecule has 0 spiro atoms. The Labute approximate surface area is 388 Å². The van der Waals surface area contributed by atoms with E-state index in [9.17, 15) is 20.1 Å². The molecule has 0 bridgehead atoms. The third kappa shape index (κ3) is 46.8. The van der Waals surface area contributed by atoms with Gasteiger partial charge in [0.15, 0.2) is 0 Å². The molecule has 0 aliphatic carbocycles. The van der Waals surface area contributed by atoms with Crippen LogP contribution in [0.3, 0.4) is 0 Å². The minimum Gasteiger partial charge on any atom is -0.394 e. The molecule has 62 heavy (non-hydrogen) atoms. The Hall–Kier alpha value is -1.17. The van der Waals surface area contributed by atoms with Gasteiger partial charge in [0.25, 0.3) is 0 Å². The van der Waals surface area contributed by atoms with Gasteiger partial charge in [-0.05, 0) is 32.1 Å². The minimum absolute atomic E-state index is 0.372. The molecule has 0 aromatic carbocycles. The van der Waals surface area contributed by atoms with Gasteiger partial charge in [0.1, 0.15) is 6.10 Å². The molecular formula is C57H111NO4. The largest absolute Gasteiger partial charge is 0.394 e. The normalized spacial score (nSPS) is 13.4. The molecule has 0 saturated carbocycles. The number of aliphatic hydroxyl groups excluding tert-OH is 3. The quantitative estimate of drug-likeness (QED) is 0.0362. The summed E-state index contributed by atoms with van der Waals surface area (Å²) < 4.78 is 0. The van der Waals surface area contributed by atoms with Gasteiger partial charge in [-0.25, -0.2) is 0 Å². The van der Waals surface area contributed by atoms with E-state index in [2.05, 4.69) is 31.3 Å². The van der Waals surface area contributed by atoms with Crippen molar-refractivity contribution in [2.24, 2.45) is 0 Å². The zero-order valence-corrected chi connectivity index (χ0v) is 42.0. The van der Waals surface area contributed by atoms with Crippen molar-refractivity contribution in [1.82, 2.24) is 5.32 Å². The predicted molar refractivity (Wildman–Crippen MR) is 273 cm³/mol. The van der Waals surface area contributed by atoms with Crippen LogP contribution in [-0.4, -0.2) is 46.1 Å². The van der Waals surface area contributed by atoms with Gasteiger partial charge in [0.2, 0.25) is 5.91 Å². The molecule has 0 aliphatic heterocycles. The number of allylic oxidation sites excluding steroid dienone is 3. The first-order valence-electron chi connectivity index (χ1n) is 28.2. The molecule has 0 aromatic rings. The summed E-state index contributed by atoms with van der Waals surface area (Å²) >= 11 is 0. The summed E-state index contributed by atoms with van der Waals surface area (Å²) in [5, 5.41) is 33.3. The minimum atomic E-state index is -1.10. The van der Waals surface area contributed by atoms with Gasteiger partial charge < -0.3 is 20.6 Å². The Bertz CT molecular complexity index is 920. The lowest BCUT2D eigenvalue weighted by Gasteiger charge is -2.21. The summed E-state index contributed by atoms with van der Waals surface area (Å²) in [6.45, 7) is 4.21. The lowest BCUT2D eigenvalue weighted by Crippen LogP contribution is -2.48. The van der Waals surface area contributed by atoms with Crippen LogP contribution in [0.4, 0.5) is 0 Å². The smallest absolute Gasteiger partial charge is 0.249 e. The zero-order chi connectivity index (χ0) is 45.1. The third-order valence-electron chi connectivity index (χ3n) is 13.3. The number of carbonyl (C=O) groups excluding carboxylic acids is 1. The van der Waals surface area contributed by atoms with Crippen molar-refractivity contribution < 1.29 is 20.1 Å². The highest BCUT2D eigenvalue weighted by molar-refractivity contribution is 5.80. The van der Waals surface area contributed by atoms with Crippen molar-refractivity contribution in [3.05, 3.63) is 24.3 Å². The fourth-order valence-electron chi connectivity index (χ4n) is 8.91. The Balaban J connectivity index is 3.56. The Morgan fingerprint density at radius 3 is 0.984 bits per heavy atom. The van der Waals surface area contributed by atoms with Crippen molar-refractivity contribution >= 4 is 5.91 Å². The van der Waals surface area contributed by atoms with E-state index in [1.807, 2.05) is 6.08 Å². The Kier molecular flexibility index (Phi) is 51.5. The topological polar surface area (TPSA) is 89.8 Å². The first kappa shape index (κ1) is 60.8. The van der Waals surface area contributed by atoms with Gasteiger partial charge in [-0.1, -0.05) is 301 Å². The number of hydrogen-bond acceptors (Lipinski definition) is 4. The molecule has 368 valence electrons. The first-order valence-corrected chi connectivity index (χ1v) is 28.2. The molecule has 5 nitrogen and oxygen atoms in total. The highest BCUT2D eigenvalue weighted by Crippen LogP contribution is 2.18. The van der Waals surface area contributed by atoms with Gasteiger partial charge in [0, 0.05) is 0 Å². The van der Waals surface area contributed by atoms with Gasteiger partial charge >= 0.3 is 0 Å². The summed E-state index contributed by atoms with van der Waals surface area (Å²) in [4.78, 5) is 12.5. The maximum atomic E-state index is 12.5. The molecule has 0 fully saturated rings. The maximum absolute atomic E-state index is 12.5. The average molecular weight is 875 g/mol. The van der Waals surface area contributed by atoms with Crippen LogP contribution in [0.2, 0.25) is 0 Å². The van der Waals surface area contributed by atoms with E-state index >= 15 is 0 Å². The van der Waals surface area contributed by atoms with Crippen LogP contribution in [0.1, 0.15) is 309 Å². The van der Waals surface area contributed by atoms with Crippen LogP contribution in [0.15, 0.2) is 24.3 Å².